The van der Waals surface area contributed by atoms with Gasteiger partial charge in [0.05, 0.1) is 18.2 Å². The van der Waals surface area contributed by atoms with Crippen LogP contribution in [0.4, 0.5) is 0 Å². The van der Waals surface area contributed by atoms with Gasteiger partial charge in [-0.2, -0.15) is 0 Å². The van der Waals surface area contributed by atoms with Crippen LogP contribution in [-0.4, -0.2) is 11.6 Å². The van der Waals surface area contributed by atoms with Gasteiger partial charge in [-0.15, -0.1) is 11.3 Å². The van der Waals surface area contributed by atoms with Crippen molar-refractivity contribution in [3.05, 3.63) is 45.9 Å². The first-order valence-electron chi connectivity index (χ1n) is 5.48. The lowest BCUT2D eigenvalue weighted by atomic mass is 10.0. The Balaban J connectivity index is 1.97. The number of fused-ring (bicyclic) bond motifs is 1. The zero-order valence-corrected chi connectivity index (χ0v) is 10.0. The first kappa shape index (κ1) is 10.7. The van der Waals surface area contributed by atoms with Gasteiger partial charge in [-0.25, -0.2) is 5.43 Å². The molecule has 2 heterocycles. The highest BCUT2D eigenvalue weighted by molar-refractivity contribution is 7.09. The summed E-state index contributed by atoms with van der Waals surface area (Å²) >= 11 is 1.60. The van der Waals surface area contributed by atoms with E-state index in [0.717, 1.165) is 29.2 Å². The van der Waals surface area contributed by atoms with Crippen LogP contribution in [0.1, 0.15) is 22.0 Å². The number of hydrazine groups is 1. The van der Waals surface area contributed by atoms with E-state index >= 15 is 0 Å². The van der Waals surface area contributed by atoms with E-state index in [1.165, 1.54) is 5.56 Å². The van der Waals surface area contributed by atoms with Crippen molar-refractivity contribution >= 4 is 11.3 Å². The fourth-order valence-electron chi connectivity index (χ4n) is 2.10. The van der Waals surface area contributed by atoms with Crippen LogP contribution in [0.15, 0.2) is 29.9 Å². The highest BCUT2D eigenvalue weighted by Crippen LogP contribution is 2.31. The van der Waals surface area contributed by atoms with Gasteiger partial charge >= 0.3 is 0 Å². The van der Waals surface area contributed by atoms with Crippen molar-refractivity contribution in [1.82, 2.24) is 10.4 Å². The number of nitrogens with zero attached hydrogens (tertiary/aromatic N) is 1. The lowest BCUT2D eigenvalue weighted by Crippen LogP contribution is -2.28. The van der Waals surface area contributed by atoms with E-state index in [2.05, 4.69) is 22.5 Å². The monoisotopic (exact) mass is 247 g/mol. The molecule has 0 saturated heterocycles. The lowest BCUT2D eigenvalue weighted by Gasteiger charge is -2.15. The topological polar surface area (TPSA) is 60.2 Å². The van der Waals surface area contributed by atoms with E-state index in [1.54, 1.807) is 11.3 Å². The average molecular weight is 247 g/mol. The number of hydrogen-bond donors (Lipinski definition) is 2. The third-order valence-corrected chi connectivity index (χ3v) is 3.79. The maximum Gasteiger partial charge on any atom is 0.122 e. The minimum atomic E-state index is 0.00778. The molecule has 0 spiro atoms. The molecule has 3 N–H and O–H groups in total. The van der Waals surface area contributed by atoms with E-state index in [9.17, 15) is 0 Å². The van der Waals surface area contributed by atoms with Crippen molar-refractivity contribution in [1.29, 1.82) is 0 Å². The van der Waals surface area contributed by atoms with Gasteiger partial charge in [-0.1, -0.05) is 6.07 Å². The Morgan fingerprint density at radius 2 is 2.41 bits per heavy atom. The Morgan fingerprint density at radius 3 is 3.18 bits per heavy atom. The van der Waals surface area contributed by atoms with Crippen LogP contribution in [0, 0.1) is 0 Å². The molecule has 1 aliphatic heterocycles. The fraction of sp³-hybridized carbons (Fsp3) is 0.250. The molecule has 4 nitrogen and oxygen atoms in total. The van der Waals surface area contributed by atoms with Crippen LogP contribution in [0.5, 0.6) is 5.75 Å². The quantitative estimate of drug-likeness (QED) is 0.639. The molecule has 88 valence electrons. The van der Waals surface area contributed by atoms with E-state index in [4.69, 9.17) is 10.6 Å². The van der Waals surface area contributed by atoms with E-state index in [-0.39, 0.29) is 6.04 Å². The summed E-state index contributed by atoms with van der Waals surface area (Å²) in [6, 6.07) is 6.23. The second kappa shape index (κ2) is 4.44. The standard InChI is InChI=1S/C12H13N3OS/c13-15-12(11-6-14-7-17-11)9-1-2-10-8(5-9)3-4-16-10/h1-2,5-7,12,15H,3-4,13H2. The Labute approximate surface area is 103 Å². The van der Waals surface area contributed by atoms with Crippen LogP contribution in [0.3, 0.4) is 0 Å². The molecule has 1 atom stereocenters. The fourth-order valence-corrected chi connectivity index (χ4v) is 2.80. The van der Waals surface area contributed by atoms with Crippen molar-refractivity contribution in [2.45, 2.75) is 12.5 Å². The molecule has 5 heteroatoms. The summed E-state index contributed by atoms with van der Waals surface area (Å²) < 4.78 is 5.50. The zero-order valence-electron chi connectivity index (χ0n) is 9.22. The third-order valence-electron chi connectivity index (χ3n) is 2.95. The maximum absolute atomic E-state index is 5.64. The first-order valence-corrected chi connectivity index (χ1v) is 6.36. The molecule has 3 rings (SSSR count). The molecule has 0 amide bonds. The average Bonchev–Trinajstić information content (AvgIpc) is 2.99. The number of thiazole rings is 1. The predicted octanol–water partition coefficient (Wildman–Crippen LogP) is 1.63. The van der Waals surface area contributed by atoms with Crippen molar-refractivity contribution in [2.24, 2.45) is 5.84 Å². The number of rotatable bonds is 3. The Morgan fingerprint density at radius 1 is 1.47 bits per heavy atom. The predicted molar refractivity (Wildman–Crippen MR) is 66.9 cm³/mol. The molecule has 1 aliphatic rings. The summed E-state index contributed by atoms with van der Waals surface area (Å²) in [7, 11) is 0. The van der Waals surface area contributed by atoms with Gasteiger partial charge in [-0.05, 0) is 23.3 Å². The second-order valence-corrected chi connectivity index (χ2v) is 4.89. The van der Waals surface area contributed by atoms with Crippen LogP contribution in [0.2, 0.25) is 0 Å². The van der Waals surface area contributed by atoms with Crippen molar-refractivity contribution in [3.63, 3.8) is 0 Å². The van der Waals surface area contributed by atoms with Crippen molar-refractivity contribution in [3.8, 4) is 5.75 Å². The van der Waals surface area contributed by atoms with Gasteiger partial charge in [-0.3, -0.25) is 10.8 Å². The molecule has 1 aromatic heterocycles. The van der Waals surface area contributed by atoms with Crippen molar-refractivity contribution in [2.75, 3.05) is 6.61 Å². The normalized spacial score (nSPS) is 15.4. The molecule has 0 fully saturated rings. The summed E-state index contributed by atoms with van der Waals surface area (Å²) in [5, 5.41) is 0. The van der Waals surface area contributed by atoms with Crippen LogP contribution < -0.4 is 16.0 Å². The van der Waals surface area contributed by atoms with Crippen LogP contribution in [0.25, 0.3) is 0 Å². The molecule has 1 unspecified atom stereocenters. The van der Waals surface area contributed by atoms with Gasteiger partial charge in [0, 0.05) is 17.5 Å². The summed E-state index contributed by atoms with van der Waals surface area (Å²) in [6.07, 6.45) is 2.82. The van der Waals surface area contributed by atoms with E-state index in [0.29, 0.717) is 0 Å². The summed E-state index contributed by atoms with van der Waals surface area (Å²) in [6.45, 7) is 0.778. The Hall–Kier alpha value is -1.43. The first-order chi connectivity index (χ1) is 8.38. The lowest BCUT2D eigenvalue weighted by molar-refractivity contribution is 0.357. The highest BCUT2D eigenvalue weighted by Gasteiger charge is 2.18. The Kier molecular flexibility index (Phi) is 2.80. The van der Waals surface area contributed by atoms with Gasteiger partial charge in [0.15, 0.2) is 0 Å². The minimum absolute atomic E-state index is 0.00778. The number of aromatic nitrogens is 1. The molecule has 17 heavy (non-hydrogen) atoms. The summed E-state index contributed by atoms with van der Waals surface area (Å²) in [4.78, 5) is 5.20. The third kappa shape index (κ3) is 1.93. The molecule has 0 radical (unpaired) electrons. The molecule has 0 aliphatic carbocycles. The molecule has 0 bridgehead atoms. The highest BCUT2D eigenvalue weighted by atomic mass is 32.1. The molecular weight excluding hydrogens is 234 g/mol. The number of ether oxygens (including phenoxy) is 1. The summed E-state index contributed by atoms with van der Waals surface area (Å²) in [5.41, 5.74) is 7.07. The SMILES string of the molecule is NNC(c1ccc2c(c1)CCO2)c1cncs1. The smallest absolute Gasteiger partial charge is 0.122 e. The molecule has 2 aromatic rings. The van der Waals surface area contributed by atoms with E-state index in [1.807, 2.05) is 17.8 Å². The molecular formula is C12H13N3OS. The number of benzene rings is 1. The van der Waals surface area contributed by atoms with Gasteiger partial charge < -0.3 is 4.74 Å². The Bertz CT molecular complexity index is 512. The van der Waals surface area contributed by atoms with Crippen LogP contribution >= 0.6 is 11.3 Å². The second-order valence-electron chi connectivity index (χ2n) is 3.97. The zero-order chi connectivity index (χ0) is 11.7. The number of nitrogens with two attached hydrogens (primary N) is 1. The number of nitrogens with one attached hydrogen (secondary N) is 1. The molecule has 1 aromatic carbocycles. The van der Waals surface area contributed by atoms with Crippen LogP contribution in [-0.2, 0) is 6.42 Å². The minimum Gasteiger partial charge on any atom is -0.493 e. The van der Waals surface area contributed by atoms with E-state index < -0.39 is 0 Å². The molecule has 0 saturated carbocycles. The number of hydrogen-bond acceptors (Lipinski definition) is 5. The van der Waals surface area contributed by atoms with Crippen molar-refractivity contribution < 1.29 is 4.74 Å². The van der Waals surface area contributed by atoms with Gasteiger partial charge in [0.1, 0.15) is 5.75 Å². The largest absolute Gasteiger partial charge is 0.493 e. The maximum atomic E-state index is 5.64. The summed E-state index contributed by atoms with van der Waals surface area (Å²) in [5.74, 6) is 6.63. The van der Waals surface area contributed by atoms with Gasteiger partial charge in [0.25, 0.3) is 0 Å². The van der Waals surface area contributed by atoms with Gasteiger partial charge in [0.2, 0.25) is 0 Å².